The number of aromatic nitrogens is 4. The Hall–Kier alpha value is -1.91. The summed E-state index contributed by atoms with van der Waals surface area (Å²) in [6.07, 6.45) is -4.00. The number of hydrogen-bond acceptors (Lipinski definition) is 6. The van der Waals surface area contributed by atoms with Crippen molar-refractivity contribution in [1.82, 2.24) is 19.9 Å². The largest absolute Gasteiger partial charge is 0.436 e. The summed E-state index contributed by atoms with van der Waals surface area (Å²) in [6, 6.07) is -0.661. The third kappa shape index (κ3) is 2.84. The maximum atomic E-state index is 12.9. The van der Waals surface area contributed by atoms with Crippen LogP contribution >= 0.6 is 15.9 Å². The molecule has 3 rings (SSSR count). The fraction of sp³-hybridized carbons (Fsp3) is 0.500. The summed E-state index contributed by atoms with van der Waals surface area (Å²) in [5.74, 6) is 0.408. The van der Waals surface area contributed by atoms with Crippen molar-refractivity contribution in [2.45, 2.75) is 32.5 Å². The van der Waals surface area contributed by atoms with Crippen molar-refractivity contribution in [1.29, 1.82) is 0 Å². The number of halogens is 4. The fourth-order valence-electron chi connectivity index (χ4n) is 2.15. The first-order valence-corrected chi connectivity index (χ1v) is 7.43. The minimum Gasteiger partial charge on any atom is -0.395 e. The van der Waals surface area contributed by atoms with E-state index in [0.717, 1.165) is 0 Å². The van der Waals surface area contributed by atoms with Crippen molar-refractivity contribution in [3.05, 3.63) is 27.6 Å². The van der Waals surface area contributed by atoms with Gasteiger partial charge in [0.25, 0.3) is 5.89 Å². The molecular weight excluding hydrogens is 383 g/mol. The molecule has 0 aromatic carbocycles. The quantitative estimate of drug-likeness (QED) is 0.800. The molecule has 0 saturated heterocycles. The zero-order valence-corrected chi connectivity index (χ0v) is 13.6. The van der Waals surface area contributed by atoms with Gasteiger partial charge in [0.2, 0.25) is 5.82 Å². The molecule has 0 saturated carbocycles. The molecule has 0 radical (unpaired) electrons. The van der Waals surface area contributed by atoms with Crippen LogP contribution in [0.4, 0.5) is 13.2 Å². The van der Waals surface area contributed by atoms with Crippen LogP contribution in [0.1, 0.15) is 42.5 Å². The maximum absolute atomic E-state index is 12.9. The van der Waals surface area contributed by atoms with E-state index >= 15 is 0 Å². The second-order valence-electron chi connectivity index (χ2n) is 4.94. The third-order valence-electron chi connectivity index (χ3n) is 3.37. The lowest BCUT2D eigenvalue weighted by atomic mass is 10.3. The van der Waals surface area contributed by atoms with Crippen molar-refractivity contribution in [3.63, 3.8) is 0 Å². The second kappa shape index (κ2) is 5.62. The summed E-state index contributed by atoms with van der Waals surface area (Å²) in [6.45, 7) is 3.58. The van der Waals surface area contributed by atoms with E-state index < -0.39 is 17.9 Å². The van der Waals surface area contributed by atoms with Crippen molar-refractivity contribution in [2.24, 2.45) is 5.16 Å². The Morgan fingerprint density at radius 2 is 2.09 bits per heavy atom. The number of rotatable bonds is 3. The van der Waals surface area contributed by atoms with Gasteiger partial charge in [0.1, 0.15) is 18.4 Å². The van der Waals surface area contributed by atoms with E-state index in [4.69, 9.17) is 9.36 Å². The van der Waals surface area contributed by atoms with Crippen LogP contribution in [0.15, 0.2) is 14.2 Å². The second-order valence-corrected chi connectivity index (χ2v) is 5.74. The van der Waals surface area contributed by atoms with Crippen molar-refractivity contribution < 1.29 is 22.5 Å². The van der Waals surface area contributed by atoms with Gasteiger partial charge in [0.15, 0.2) is 5.69 Å². The summed E-state index contributed by atoms with van der Waals surface area (Å²) in [7, 11) is 0. The Morgan fingerprint density at radius 3 is 2.65 bits per heavy atom. The highest BCUT2D eigenvalue weighted by Gasteiger charge is 2.39. The number of nitrogens with zero attached hydrogens (tertiary/aromatic N) is 5. The highest BCUT2D eigenvalue weighted by Crippen LogP contribution is 2.36. The normalized spacial score (nSPS) is 16.3. The molecule has 7 nitrogen and oxygen atoms in total. The summed E-state index contributed by atoms with van der Waals surface area (Å²) in [4.78, 5) is 9.02. The van der Waals surface area contributed by atoms with Crippen molar-refractivity contribution in [3.8, 4) is 0 Å². The minimum absolute atomic E-state index is 0.106. The fourth-order valence-corrected chi connectivity index (χ4v) is 2.63. The van der Waals surface area contributed by atoms with E-state index in [1.165, 1.54) is 11.6 Å². The lowest BCUT2D eigenvalue weighted by Gasteiger charge is -2.09. The molecule has 1 aliphatic rings. The van der Waals surface area contributed by atoms with E-state index in [0.29, 0.717) is 24.4 Å². The van der Waals surface area contributed by atoms with Crippen LogP contribution in [0, 0.1) is 6.92 Å². The SMILES string of the molecule is Cc1c(Br)c(C(F)(F)F)nn1C(C)c1nc(C2=NOCC2)no1. The number of alkyl halides is 3. The van der Waals surface area contributed by atoms with Crippen LogP contribution in [0.3, 0.4) is 0 Å². The Bertz CT molecular complexity index is 767. The van der Waals surface area contributed by atoms with Crippen LogP contribution in [-0.2, 0) is 11.0 Å². The average Bonchev–Trinajstić information content (AvgIpc) is 3.18. The minimum atomic E-state index is -4.55. The molecule has 2 aromatic rings. The molecule has 0 spiro atoms. The first-order chi connectivity index (χ1) is 10.8. The van der Waals surface area contributed by atoms with Crippen molar-refractivity contribution in [2.75, 3.05) is 6.61 Å². The summed E-state index contributed by atoms with van der Waals surface area (Å²) in [5, 5.41) is 11.2. The smallest absolute Gasteiger partial charge is 0.395 e. The highest BCUT2D eigenvalue weighted by atomic mass is 79.9. The van der Waals surface area contributed by atoms with Crippen LogP contribution in [-0.4, -0.2) is 32.2 Å². The van der Waals surface area contributed by atoms with Crippen LogP contribution in [0.25, 0.3) is 0 Å². The molecule has 23 heavy (non-hydrogen) atoms. The van der Waals surface area contributed by atoms with Gasteiger partial charge in [-0.2, -0.15) is 23.3 Å². The molecule has 0 amide bonds. The monoisotopic (exact) mass is 393 g/mol. The lowest BCUT2D eigenvalue weighted by molar-refractivity contribution is -0.142. The molecule has 124 valence electrons. The third-order valence-corrected chi connectivity index (χ3v) is 4.32. The van der Waals surface area contributed by atoms with E-state index in [1.807, 2.05) is 0 Å². The van der Waals surface area contributed by atoms with Gasteiger partial charge in [-0.25, -0.2) is 0 Å². The van der Waals surface area contributed by atoms with Crippen LogP contribution in [0.5, 0.6) is 0 Å². The van der Waals surface area contributed by atoms with E-state index in [9.17, 15) is 13.2 Å². The molecular formula is C12H11BrF3N5O2. The molecule has 0 N–H and O–H groups in total. The number of hydrogen-bond donors (Lipinski definition) is 0. The van der Waals surface area contributed by atoms with Crippen LogP contribution in [0.2, 0.25) is 0 Å². The van der Waals surface area contributed by atoms with Gasteiger partial charge in [0.05, 0.1) is 10.2 Å². The molecule has 2 aromatic heterocycles. The Balaban J connectivity index is 1.93. The summed E-state index contributed by atoms with van der Waals surface area (Å²) >= 11 is 2.93. The summed E-state index contributed by atoms with van der Waals surface area (Å²) in [5.41, 5.74) is -0.136. The van der Waals surface area contributed by atoms with Gasteiger partial charge < -0.3 is 9.36 Å². The van der Waals surface area contributed by atoms with Gasteiger partial charge in [-0.1, -0.05) is 10.3 Å². The zero-order chi connectivity index (χ0) is 16.8. The van der Waals surface area contributed by atoms with Gasteiger partial charge in [-0.05, 0) is 29.8 Å². The van der Waals surface area contributed by atoms with E-state index in [2.05, 4.69) is 36.3 Å². The van der Waals surface area contributed by atoms with E-state index in [-0.39, 0.29) is 16.2 Å². The molecule has 0 aliphatic carbocycles. The molecule has 0 bridgehead atoms. The molecule has 1 aliphatic heterocycles. The predicted octanol–water partition coefficient (Wildman–Crippen LogP) is 3.09. The Morgan fingerprint density at radius 1 is 1.35 bits per heavy atom. The predicted molar refractivity (Wildman–Crippen MR) is 74.9 cm³/mol. The molecule has 11 heteroatoms. The Kier molecular flexibility index (Phi) is 3.90. The average molecular weight is 394 g/mol. The van der Waals surface area contributed by atoms with Gasteiger partial charge in [-0.3, -0.25) is 4.68 Å². The molecule has 1 atom stereocenters. The molecule has 1 unspecified atom stereocenters. The standard InChI is InChI=1S/C12H11BrF3N5O2/c1-5-8(13)9(12(14,15)16)18-21(5)6(2)11-17-10(20-23-11)7-3-4-22-19-7/h6H,3-4H2,1-2H3. The number of oxime groups is 1. The summed E-state index contributed by atoms with van der Waals surface area (Å²) < 4.78 is 45.0. The van der Waals surface area contributed by atoms with Gasteiger partial charge >= 0.3 is 6.18 Å². The zero-order valence-electron chi connectivity index (χ0n) is 12.1. The van der Waals surface area contributed by atoms with Gasteiger partial charge in [0, 0.05) is 6.42 Å². The topological polar surface area (TPSA) is 78.3 Å². The Labute approximate surface area is 136 Å². The highest BCUT2D eigenvalue weighted by molar-refractivity contribution is 9.10. The van der Waals surface area contributed by atoms with Gasteiger partial charge in [-0.15, -0.1) is 0 Å². The van der Waals surface area contributed by atoms with E-state index in [1.54, 1.807) is 6.92 Å². The van der Waals surface area contributed by atoms with Crippen molar-refractivity contribution >= 4 is 21.6 Å². The first kappa shape index (κ1) is 16.0. The maximum Gasteiger partial charge on any atom is 0.436 e. The molecule has 3 heterocycles. The lowest BCUT2D eigenvalue weighted by Crippen LogP contribution is -2.13. The molecule has 0 fully saturated rings. The first-order valence-electron chi connectivity index (χ1n) is 6.63. The van der Waals surface area contributed by atoms with Crippen LogP contribution < -0.4 is 0 Å².